The summed E-state index contributed by atoms with van der Waals surface area (Å²) in [5.41, 5.74) is 0. The molecule has 95 heavy (non-hydrogen) atoms. The van der Waals surface area contributed by atoms with E-state index in [4.69, 9.17) is 37.0 Å². The Kier molecular flexibility index (Phi) is 64.0. The summed E-state index contributed by atoms with van der Waals surface area (Å²) in [4.78, 5) is 72.7. The first kappa shape index (κ1) is 93.1. The number of unbranched alkanes of at least 4 members (excludes halogenated alkanes) is 38. The Labute approximate surface area is 581 Å². The van der Waals surface area contributed by atoms with Crippen molar-refractivity contribution in [2.75, 3.05) is 39.6 Å². The van der Waals surface area contributed by atoms with E-state index in [1.165, 1.54) is 180 Å². The summed E-state index contributed by atoms with van der Waals surface area (Å²) in [6.45, 7) is 14.2. The van der Waals surface area contributed by atoms with Crippen LogP contribution in [0.5, 0.6) is 0 Å². The van der Waals surface area contributed by atoms with Crippen molar-refractivity contribution in [1.82, 2.24) is 0 Å². The van der Waals surface area contributed by atoms with Crippen LogP contribution < -0.4 is 0 Å². The highest BCUT2D eigenvalue weighted by atomic mass is 31.2. The second-order valence-electron chi connectivity index (χ2n) is 29.1. The maximum absolute atomic E-state index is 13.1. The minimum absolute atomic E-state index is 0.104. The topological polar surface area (TPSA) is 237 Å². The molecule has 0 rings (SSSR count). The van der Waals surface area contributed by atoms with Crippen LogP contribution in [-0.2, 0) is 65.4 Å². The van der Waals surface area contributed by atoms with Crippen LogP contribution >= 0.6 is 15.6 Å². The summed E-state index contributed by atoms with van der Waals surface area (Å²) >= 11 is 0. The minimum atomic E-state index is -4.96. The number of esters is 4. The Balaban J connectivity index is 5.20. The van der Waals surface area contributed by atoms with E-state index in [-0.39, 0.29) is 25.7 Å². The Morgan fingerprint density at radius 3 is 0.747 bits per heavy atom. The zero-order chi connectivity index (χ0) is 70.3. The Bertz CT molecular complexity index is 1870. The van der Waals surface area contributed by atoms with Gasteiger partial charge in [0.2, 0.25) is 0 Å². The first-order valence-corrected chi connectivity index (χ1v) is 42.2. The number of hydrogen-bond acceptors (Lipinski definition) is 15. The molecule has 0 aliphatic rings. The van der Waals surface area contributed by atoms with Gasteiger partial charge < -0.3 is 33.8 Å². The smallest absolute Gasteiger partial charge is 0.462 e. The molecule has 17 nitrogen and oxygen atoms in total. The summed E-state index contributed by atoms with van der Waals surface area (Å²) < 4.78 is 68.5. The van der Waals surface area contributed by atoms with Crippen molar-refractivity contribution in [3.8, 4) is 0 Å². The van der Waals surface area contributed by atoms with Gasteiger partial charge in [0.15, 0.2) is 12.2 Å². The highest BCUT2D eigenvalue weighted by Gasteiger charge is 2.30. The van der Waals surface area contributed by atoms with Gasteiger partial charge in [-0.1, -0.05) is 331 Å². The lowest BCUT2D eigenvalue weighted by Gasteiger charge is -2.21. The highest BCUT2D eigenvalue weighted by molar-refractivity contribution is 7.47. The second-order valence-corrected chi connectivity index (χ2v) is 32.0. The molecular weight excluding hydrogens is 1250 g/mol. The van der Waals surface area contributed by atoms with Gasteiger partial charge in [-0.15, -0.1) is 0 Å². The monoisotopic (exact) mass is 1400 g/mol. The fourth-order valence-electron chi connectivity index (χ4n) is 11.5. The van der Waals surface area contributed by atoms with Crippen molar-refractivity contribution in [3.05, 3.63) is 0 Å². The number of aliphatic hydroxyl groups excluding tert-OH is 1. The van der Waals surface area contributed by atoms with Crippen LogP contribution in [0.15, 0.2) is 0 Å². The number of rotatable bonds is 73. The molecule has 0 spiro atoms. The first-order chi connectivity index (χ1) is 45.6. The molecule has 0 saturated heterocycles. The van der Waals surface area contributed by atoms with E-state index in [9.17, 15) is 43.2 Å². The molecule has 0 aromatic rings. The molecule has 0 bridgehead atoms. The molecule has 19 heteroatoms. The SMILES string of the molecule is CCC(C)CCCCCCCCCCC(=O)O[C@H](COC(=O)CCCCCCCCCC(C)C)COP(=O)(O)OCC(O)COP(=O)(O)OC[C@@H](COC(=O)CCCCCCCCCCCC(C)C)OC(=O)CCCCCCCCCCCCCCCCCCCCC(C)C. The third-order valence-electron chi connectivity index (χ3n) is 17.9. The Hall–Kier alpha value is -1.94. The number of carbonyl (C=O) groups excluding carboxylic acids is 4. The third kappa shape index (κ3) is 69.0. The molecule has 564 valence electrons. The van der Waals surface area contributed by atoms with Crippen LogP contribution in [0.25, 0.3) is 0 Å². The lowest BCUT2D eigenvalue weighted by molar-refractivity contribution is -0.161. The summed E-state index contributed by atoms with van der Waals surface area (Å²) in [7, 11) is -9.91. The molecule has 3 N–H and O–H groups in total. The van der Waals surface area contributed by atoms with E-state index in [1.807, 2.05) is 0 Å². The molecule has 4 unspecified atom stereocenters. The van der Waals surface area contributed by atoms with Crippen molar-refractivity contribution in [2.45, 2.75) is 401 Å². The van der Waals surface area contributed by atoms with Crippen LogP contribution in [0.3, 0.4) is 0 Å². The molecule has 0 aliphatic heterocycles. The molecule has 0 aromatic heterocycles. The Morgan fingerprint density at radius 2 is 0.505 bits per heavy atom. The zero-order valence-electron chi connectivity index (χ0n) is 62.3. The van der Waals surface area contributed by atoms with E-state index in [0.29, 0.717) is 31.6 Å². The van der Waals surface area contributed by atoms with Crippen molar-refractivity contribution in [1.29, 1.82) is 0 Å². The van der Waals surface area contributed by atoms with Crippen LogP contribution in [0.2, 0.25) is 0 Å². The van der Waals surface area contributed by atoms with Gasteiger partial charge in [0.1, 0.15) is 19.3 Å². The fourth-order valence-corrected chi connectivity index (χ4v) is 13.1. The van der Waals surface area contributed by atoms with Gasteiger partial charge in [-0.25, -0.2) is 9.13 Å². The number of aliphatic hydroxyl groups is 1. The lowest BCUT2D eigenvalue weighted by atomic mass is 9.99. The maximum Gasteiger partial charge on any atom is 0.472 e. The van der Waals surface area contributed by atoms with Crippen LogP contribution in [-0.4, -0.2) is 96.7 Å². The molecular formula is C76H148O17P2. The number of phosphoric ester groups is 2. The molecule has 0 aromatic carbocycles. The third-order valence-corrected chi connectivity index (χ3v) is 19.8. The number of hydrogen-bond donors (Lipinski definition) is 3. The quantitative estimate of drug-likeness (QED) is 0.0222. The molecule has 0 radical (unpaired) electrons. The van der Waals surface area contributed by atoms with E-state index in [0.717, 1.165) is 114 Å². The maximum atomic E-state index is 13.1. The lowest BCUT2D eigenvalue weighted by Crippen LogP contribution is -2.30. The van der Waals surface area contributed by atoms with E-state index in [2.05, 4.69) is 55.4 Å². The van der Waals surface area contributed by atoms with Gasteiger partial charge in [-0.2, -0.15) is 0 Å². The van der Waals surface area contributed by atoms with Crippen molar-refractivity contribution in [3.63, 3.8) is 0 Å². The molecule has 0 saturated carbocycles. The summed E-state index contributed by atoms with van der Waals surface area (Å²) in [5, 5.41) is 10.6. The van der Waals surface area contributed by atoms with E-state index < -0.39 is 97.5 Å². The summed E-state index contributed by atoms with van der Waals surface area (Å²) in [6.07, 6.45) is 50.1. The first-order valence-electron chi connectivity index (χ1n) is 39.2. The number of carbonyl (C=O) groups is 4. The van der Waals surface area contributed by atoms with Gasteiger partial charge in [-0.05, 0) is 49.4 Å². The van der Waals surface area contributed by atoms with Crippen molar-refractivity contribution in [2.24, 2.45) is 23.7 Å². The van der Waals surface area contributed by atoms with E-state index in [1.54, 1.807) is 0 Å². The van der Waals surface area contributed by atoms with Gasteiger partial charge in [0.05, 0.1) is 26.4 Å². The largest absolute Gasteiger partial charge is 0.472 e. The van der Waals surface area contributed by atoms with Gasteiger partial charge >= 0.3 is 39.5 Å². The predicted octanol–water partition coefficient (Wildman–Crippen LogP) is 22.0. The normalized spacial score (nSPS) is 14.4. The fraction of sp³-hybridized carbons (Fsp3) is 0.947. The van der Waals surface area contributed by atoms with Gasteiger partial charge in [0.25, 0.3) is 0 Å². The molecule has 0 fully saturated rings. The Morgan fingerprint density at radius 1 is 0.295 bits per heavy atom. The number of phosphoric acid groups is 2. The van der Waals surface area contributed by atoms with Crippen LogP contribution in [0, 0.1) is 23.7 Å². The summed E-state index contributed by atoms with van der Waals surface area (Å²) in [6, 6.07) is 0. The van der Waals surface area contributed by atoms with Gasteiger partial charge in [-0.3, -0.25) is 37.3 Å². The van der Waals surface area contributed by atoms with Gasteiger partial charge in [0, 0.05) is 25.7 Å². The highest BCUT2D eigenvalue weighted by Crippen LogP contribution is 2.45. The zero-order valence-corrected chi connectivity index (χ0v) is 64.1. The average Bonchev–Trinajstić information content (AvgIpc) is 1.70. The summed E-state index contributed by atoms with van der Waals surface area (Å²) in [5.74, 6) is 0.915. The average molecular weight is 1400 g/mol. The molecule has 0 heterocycles. The van der Waals surface area contributed by atoms with E-state index >= 15 is 0 Å². The van der Waals surface area contributed by atoms with Crippen molar-refractivity contribution < 1.29 is 80.2 Å². The van der Waals surface area contributed by atoms with Crippen LogP contribution in [0.4, 0.5) is 0 Å². The predicted molar refractivity (Wildman–Crippen MR) is 386 cm³/mol. The minimum Gasteiger partial charge on any atom is -0.462 e. The molecule has 0 aliphatic carbocycles. The van der Waals surface area contributed by atoms with Crippen LogP contribution in [0.1, 0.15) is 383 Å². The second kappa shape index (κ2) is 65.4. The molecule has 6 atom stereocenters. The molecule has 0 amide bonds. The standard InChI is InChI=1S/C76H148O17P2/c1-9-69(8)55-47-39-31-25-26-34-43-51-59-76(81)93-72(63-87-74(79)57-49-41-35-27-30-38-46-54-68(6)7)65-91-95(84,85)89-61-70(77)60-88-94(82,83)90-64-71(62-86-73(78)56-48-40-32-24-20-22-29-37-45-53-67(4)5)92-75(80)58-50-42-33-23-19-17-15-13-11-10-12-14-16-18-21-28-36-44-52-66(2)3/h66-72,77H,9-65H2,1-8H3,(H,82,83)(H,84,85)/t69?,70?,71-,72-/m1/s1. The van der Waals surface area contributed by atoms with Crippen molar-refractivity contribution >= 4 is 39.5 Å². The number of ether oxygens (including phenoxy) is 4.